The number of hydrogen-bond donors (Lipinski definition) is 1. The Morgan fingerprint density at radius 3 is 2.85 bits per heavy atom. The fourth-order valence-electron chi connectivity index (χ4n) is 4.95. The number of carbonyl (C=O) groups is 1. The molecule has 6 rings (SSSR count). The Hall–Kier alpha value is -3.86. The summed E-state index contributed by atoms with van der Waals surface area (Å²) in [4.78, 5) is 30.9. The van der Waals surface area contributed by atoms with Gasteiger partial charge in [0.25, 0.3) is 0 Å². The molecular weight excluding hydrogens is 553 g/mol. The minimum absolute atomic E-state index is 0.0477. The molecule has 2 aliphatic rings. The first-order valence-corrected chi connectivity index (χ1v) is 13.7. The number of halogens is 2. The van der Waals surface area contributed by atoms with Crippen LogP contribution in [-0.2, 0) is 17.9 Å². The van der Waals surface area contributed by atoms with Crippen molar-refractivity contribution in [3.05, 3.63) is 88.6 Å². The molecule has 1 saturated heterocycles. The maximum absolute atomic E-state index is 13.2. The molecule has 206 valence electrons. The molecule has 2 aliphatic heterocycles. The number of anilines is 1. The fourth-order valence-corrected chi connectivity index (χ4v) is 5.33. The molecule has 4 heterocycles. The zero-order chi connectivity index (χ0) is 27.5. The summed E-state index contributed by atoms with van der Waals surface area (Å²) < 4.78 is 12.6. The summed E-state index contributed by atoms with van der Waals surface area (Å²) in [7, 11) is 0. The van der Waals surface area contributed by atoms with E-state index < -0.39 is 0 Å². The Morgan fingerprint density at radius 2 is 1.98 bits per heavy atom. The van der Waals surface area contributed by atoms with Crippen molar-refractivity contribution in [2.24, 2.45) is 0 Å². The van der Waals surface area contributed by atoms with Gasteiger partial charge in [-0.25, -0.2) is 9.97 Å². The van der Waals surface area contributed by atoms with Gasteiger partial charge in [0, 0.05) is 63.8 Å². The summed E-state index contributed by atoms with van der Waals surface area (Å²) in [5.74, 6) is 2.70. The smallest absolute Gasteiger partial charge is 0.236 e. The lowest BCUT2D eigenvalue weighted by Gasteiger charge is -2.42. The van der Waals surface area contributed by atoms with Crippen molar-refractivity contribution in [2.45, 2.75) is 25.6 Å². The molecule has 4 aromatic rings. The summed E-state index contributed by atoms with van der Waals surface area (Å²) in [6, 6.07) is 13.1. The van der Waals surface area contributed by atoms with Crippen LogP contribution in [0.3, 0.4) is 0 Å². The molecule has 1 unspecified atom stereocenters. The second kappa shape index (κ2) is 11.7. The maximum atomic E-state index is 13.2. The Kier molecular flexibility index (Phi) is 7.72. The van der Waals surface area contributed by atoms with Gasteiger partial charge in [0.15, 0.2) is 11.5 Å². The van der Waals surface area contributed by atoms with Gasteiger partial charge in [0.2, 0.25) is 18.6 Å². The predicted octanol–water partition coefficient (Wildman–Crippen LogP) is 4.10. The van der Waals surface area contributed by atoms with E-state index in [4.69, 9.17) is 37.7 Å². The summed E-state index contributed by atoms with van der Waals surface area (Å²) in [5, 5.41) is 4.12. The van der Waals surface area contributed by atoms with E-state index in [2.05, 4.69) is 25.1 Å². The van der Waals surface area contributed by atoms with Crippen LogP contribution in [0.5, 0.6) is 11.5 Å². The van der Waals surface area contributed by atoms with Crippen LogP contribution in [0.25, 0.3) is 5.95 Å². The minimum atomic E-state index is -0.0905. The molecule has 0 spiro atoms. The molecule has 2 aromatic carbocycles. The third kappa shape index (κ3) is 5.84. The summed E-state index contributed by atoms with van der Waals surface area (Å²) in [6.07, 6.45) is 7.20. The monoisotopic (exact) mass is 579 g/mol. The number of hydrogen-bond acceptors (Lipinski definition) is 8. The van der Waals surface area contributed by atoms with E-state index in [9.17, 15) is 4.79 Å². The van der Waals surface area contributed by atoms with Crippen molar-refractivity contribution in [1.82, 2.24) is 29.7 Å². The van der Waals surface area contributed by atoms with Gasteiger partial charge in [-0.1, -0.05) is 41.4 Å². The van der Waals surface area contributed by atoms with Crippen LogP contribution >= 0.6 is 23.2 Å². The molecule has 10 nitrogen and oxygen atoms in total. The number of imidazole rings is 1. The Labute approximate surface area is 241 Å². The van der Waals surface area contributed by atoms with Crippen molar-refractivity contribution in [3.63, 3.8) is 0 Å². The minimum Gasteiger partial charge on any atom is -0.454 e. The average molecular weight is 580 g/mol. The lowest BCUT2D eigenvalue weighted by Crippen LogP contribution is -2.54. The number of rotatable bonds is 8. The van der Waals surface area contributed by atoms with Crippen molar-refractivity contribution in [1.29, 1.82) is 0 Å². The van der Waals surface area contributed by atoms with Crippen LogP contribution in [0.1, 0.15) is 17.5 Å². The van der Waals surface area contributed by atoms with Gasteiger partial charge in [0.05, 0.1) is 10.0 Å². The highest BCUT2D eigenvalue weighted by molar-refractivity contribution is 6.42. The first kappa shape index (κ1) is 26.4. The number of carbonyl (C=O) groups excluding carboxylic acids is 1. The lowest BCUT2D eigenvalue weighted by atomic mass is 10.1. The molecule has 1 fully saturated rings. The van der Waals surface area contributed by atoms with Gasteiger partial charge < -0.3 is 19.7 Å². The van der Waals surface area contributed by atoms with E-state index >= 15 is 0 Å². The second-order valence-corrected chi connectivity index (χ2v) is 10.4. The van der Waals surface area contributed by atoms with E-state index in [1.54, 1.807) is 35.6 Å². The second-order valence-electron chi connectivity index (χ2n) is 9.64. The van der Waals surface area contributed by atoms with Crippen molar-refractivity contribution >= 4 is 34.9 Å². The summed E-state index contributed by atoms with van der Waals surface area (Å²) >= 11 is 12.8. The van der Waals surface area contributed by atoms with Crippen molar-refractivity contribution in [3.8, 4) is 17.4 Å². The standard InChI is InChI=1S/C28H27Cl2N7O3/c29-22-3-1-2-20(27(22)30)15-35-10-11-36(25-6-7-32-28(34-25)37-9-8-31-17-37)16-21(35)13-26(38)33-14-19-4-5-23-24(12-19)40-18-39-23/h1-9,12,17,21H,10-11,13-16,18H2,(H,33,38). The van der Waals surface area contributed by atoms with Gasteiger partial charge in [-0.15, -0.1) is 0 Å². The largest absolute Gasteiger partial charge is 0.454 e. The maximum Gasteiger partial charge on any atom is 0.236 e. The zero-order valence-electron chi connectivity index (χ0n) is 21.5. The van der Waals surface area contributed by atoms with Crippen molar-refractivity contribution in [2.75, 3.05) is 31.3 Å². The van der Waals surface area contributed by atoms with Crippen LogP contribution in [-0.4, -0.2) is 62.8 Å². The molecule has 0 saturated carbocycles. The molecule has 1 atom stereocenters. The summed E-state index contributed by atoms with van der Waals surface area (Å²) in [6.45, 7) is 3.24. The highest BCUT2D eigenvalue weighted by Gasteiger charge is 2.30. The molecular formula is C28H27Cl2N7O3. The predicted molar refractivity (Wildman–Crippen MR) is 151 cm³/mol. The molecule has 40 heavy (non-hydrogen) atoms. The van der Waals surface area contributed by atoms with Gasteiger partial charge >= 0.3 is 0 Å². The average Bonchev–Trinajstić information content (AvgIpc) is 3.68. The Balaban J connectivity index is 1.18. The topological polar surface area (TPSA) is 97.6 Å². The van der Waals surface area contributed by atoms with Gasteiger partial charge in [-0.05, 0) is 35.4 Å². The molecule has 1 N–H and O–H groups in total. The van der Waals surface area contributed by atoms with E-state index in [1.165, 1.54) is 0 Å². The van der Waals surface area contributed by atoms with Crippen LogP contribution < -0.4 is 19.7 Å². The zero-order valence-corrected chi connectivity index (χ0v) is 23.1. The number of piperazine rings is 1. The fraction of sp³-hybridized carbons (Fsp3) is 0.286. The number of fused-ring (bicyclic) bond motifs is 1. The summed E-state index contributed by atoms with van der Waals surface area (Å²) in [5.41, 5.74) is 1.87. The number of nitrogens with zero attached hydrogens (tertiary/aromatic N) is 6. The Bertz CT molecular complexity index is 1500. The molecule has 12 heteroatoms. The number of nitrogens with one attached hydrogen (secondary N) is 1. The van der Waals surface area contributed by atoms with Gasteiger partial charge in [-0.3, -0.25) is 14.3 Å². The first-order valence-electron chi connectivity index (χ1n) is 12.9. The molecule has 2 aromatic heterocycles. The molecule has 1 amide bonds. The third-order valence-corrected chi connectivity index (χ3v) is 7.90. The van der Waals surface area contributed by atoms with Crippen LogP contribution in [0, 0.1) is 0 Å². The lowest BCUT2D eigenvalue weighted by molar-refractivity contribution is -0.122. The van der Waals surface area contributed by atoms with Gasteiger partial charge in [0.1, 0.15) is 12.1 Å². The highest BCUT2D eigenvalue weighted by atomic mass is 35.5. The normalized spacial score (nSPS) is 16.8. The van der Waals surface area contributed by atoms with E-state index in [-0.39, 0.29) is 18.7 Å². The van der Waals surface area contributed by atoms with E-state index in [1.807, 2.05) is 36.4 Å². The van der Waals surface area contributed by atoms with E-state index in [0.29, 0.717) is 60.1 Å². The third-order valence-electron chi connectivity index (χ3n) is 7.04. The van der Waals surface area contributed by atoms with E-state index in [0.717, 1.165) is 23.5 Å². The number of amides is 1. The van der Waals surface area contributed by atoms with Crippen molar-refractivity contribution < 1.29 is 14.3 Å². The highest BCUT2D eigenvalue weighted by Crippen LogP contribution is 2.32. The number of aromatic nitrogens is 4. The Morgan fingerprint density at radius 1 is 1.07 bits per heavy atom. The molecule has 0 radical (unpaired) electrons. The van der Waals surface area contributed by atoms with Crippen LogP contribution in [0.2, 0.25) is 10.0 Å². The SMILES string of the molecule is O=C(CC1CN(c2ccnc(-n3ccnc3)n2)CCN1Cc1cccc(Cl)c1Cl)NCc1ccc2c(c1)OCO2. The number of ether oxygens (including phenoxy) is 2. The quantitative estimate of drug-likeness (QED) is 0.333. The number of benzene rings is 2. The first-order chi connectivity index (χ1) is 19.5. The molecule has 0 aliphatic carbocycles. The van der Waals surface area contributed by atoms with Gasteiger partial charge in [-0.2, -0.15) is 4.98 Å². The van der Waals surface area contributed by atoms with Crippen LogP contribution in [0.15, 0.2) is 67.4 Å². The van der Waals surface area contributed by atoms with Crippen LogP contribution in [0.4, 0.5) is 5.82 Å². The molecule has 0 bridgehead atoms.